The molecular formula is C11H18Cl2N2O3S. The Morgan fingerprint density at radius 1 is 1.47 bits per heavy atom. The third-order valence-electron chi connectivity index (χ3n) is 2.45. The predicted octanol–water partition coefficient (Wildman–Crippen LogP) is 1.70. The van der Waals surface area contributed by atoms with Crippen molar-refractivity contribution in [3.8, 4) is 5.75 Å². The Morgan fingerprint density at radius 3 is 2.53 bits per heavy atom. The van der Waals surface area contributed by atoms with E-state index in [4.69, 9.17) is 22.1 Å². The van der Waals surface area contributed by atoms with Gasteiger partial charge in [0.15, 0.2) is 0 Å². The highest BCUT2D eigenvalue weighted by Crippen LogP contribution is 2.30. The first-order valence-corrected chi connectivity index (χ1v) is 7.24. The predicted molar refractivity (Wildman–Crippen MR) is 78.8 cm³/mol. The van der Waals surface area contributed by atoms with Crippen molar-refractivity contribution in [3.63, 3.8) is 0 Å². The van der Waals surface area contributed by atoms with Crippen LogP contribution in [0.5, 0.6) is 5.75 Å². The quantitative estimate of drug-likeness (QED) is 0.862. The molecule has 1 rings (SSSR count). The molecule has 3 N–H and O–H groups in total. The van der Waals surface area contributed by atoms with Crippen molar-refractivity contribution in [1.29, 1.82) is 0 Å². The van der Waals surface area contributed by atoms with Crippen LogP contribution in [0.1, 0.15) is 12.5 Å². The molecule has 0 amide bonds. The van der Waals surface area contributed by atoms with Crippen molar-refractivity contribution in [2.24, 2.45) is 5.73 Å². The molecule has 0 aliphatic carbocycles. The molecule has 0 saturated heterocycles. The molecule has 0 bridgehead atoms. The topological polar surface area (TPSA) is 81.4 Å². The van der Waals surface area contributed by atoms with Gasteiger partial charge in [-0.3, -0.25) is 0 Å². The second-order valence-electron chi connectivity index (χ2n) is 4.01. The lowest BCUT2D eigenvalue weighted by molar-refractivity contribution is 0.414. The fourth-order valence-corrected chi connectivity index (χ4v) is 3.27. The van der Waals surface area contributed by atoms with Gasteiger partial charge >= 0.3 is 0 Å². The summed E-state index contributed by atoms with van der Waals surface area (Å²) in [5, 5.41) is 0.254. The van der Waals surface area contributed by atoms with Gasteiger partial charge in [0.1, 0.15) is 5.75 Å². The first-order chi connectivity index (χ1) is 8.31. The van der Waals surface area contributed by atoms with Crippen LogP contribution in [0.4, 0.5) is 0 Å². The number of methoxy groups -OCH3 is 1. The van der Waals surface area contributed by atoms with E-state index in [0.29, 0.717) is 11.3 Å². The number of sulfonamides is 1. The highest BCUT2D eigenvalue weighted by Gasteiger charge is 2.20. The van der Waals surface area contributed by atoms with Crippen molar-refractivity contribution in [2.75, 3.05) is 13.7 Å². The molecule has 0 aliphatic rings. The second-order valence-corrected chi connectivity index (χ2v) is 6.10. The van der Waals surface area contributed by atoms with Gasteiger partial charge in [0.2, 0.25) is 10.0 Å². The normalized spacial score (nSPS) is 12.7. The minimum atomic E-state index is -3.62. The number of halogens is 2. The summed E-state index contributed by atoms with van der Waals surface area (Å²) in [4.78, 5) is 0.133. The standard InChI is InChI=1S/C11H17ClN2O3S.ClH/c1-7-4-10(17-3)9(12)5-11(7)18(15,16)14-8(2)6-13;/h4-5,8,14H,6,13H2,1-3H3;1H/t8-;/m0./s1. The van der Waals surface area contributed by atoms with E-state index >= 15 is 0 Å². The summed E-state index contributed by atoms with van der Waals surface area (Å²) in [5.41, 5.74) is 5.96. The zero-order valence-corrected chi connectivity index (χ0v) is 13.3. The zero-order chi connectivity index (χ0) is 13.9. The smallest absolute Gasteiger partial charge is 0.241 e. The number of nitrogens with two attached hydrogens (primary N) is 1. The average molecular weight is 329 g/mol. The molecule has 1 atom stereocenters. The third kappa shape index (κ3) is 4.50. The van der Waals surface area contributed by atoms with Crippen LogP contribution >= 0.6 is 24.0 Å². The van der Waals surface area contributed by atoms with Crippen LogP contribution in [-0.2, 0) is 10.0 Å². The lowest BCUT2D eigenvalue weighted by atomic mass is 10.2. The van der Waals surface area contributed by atoms with Gasteiger partial charge in [-0.1, -0.05) is 11.6 Å². The van der Waals surface area contributed by atoms with Gasteiger partial charge in [-0.25, -0.2) is 13.1 Å². The number of aryl methyl sites for hydroxylation is 1. The number of hydrogen-bond acceptors (Lipinski definition) is 4. The molecule has 0 aromatic heterocycles. The number of rotatable bonds is 5. The molecule has 5 nitrogen and oxygen atoms in total. The van der Waals surface area contributed by atoms with Crippen LogP contribution in [0.15, 0.2) is 17.0 Å². The Morgan fingerprint density at radius 2 is 2.05 bits per heavy atom. The Bertz CT molecular complexity index is 535. The third-order valence-corrected chi connectivity index (χ3v) is 4.48. The zero-order valence-electron chi connectivity index (χ0n) is 10.9. The maximum Gasteiger partial charge on any atom is 0.241 e. The van der Waals surface area contributed by atoms with Crippen molar-refractivity contribution >= 4 is 34.0 Å². The van der Waals surface area contributed by atoms with E-state index in [2.05, 4.69) is 4.72 Å². The van der Waals surface area contributed by atoms with E-state index in [1.807, 2.05) is 0 Å². The molecule has 0 radical (unpaired) electrons. The number of ether oxygens (including phenoxy) is 1. The minimum Gasteiger partial charge on any atom is -0.495 e. The summed E-state index contributed by atoms with van der Waals surface area (Å²) >= 11 is 5.94. The van der Waals surface area contributed by atoms with Gasteiger partial charge in [0, 0.05) is 12.6 Å². The van der Waals surface area contributed by atoms with Crippen molar-refractivity contribution in [3.05, 3.63) is 22.7 Å². The van der Waals surface area contributed by atoms with E-state index in [-0.39, 0.29) is 34.9 Å². The molecule has 1 aromatic carbocycles. The van der Waals surface area contributed by atoms with Crippen molar-refractivity contribution in [2.45, 2.75) is 24.8 Å². The summed E-state index contributed by atoms with van der Waals surface area (Å²) in [6.45, 7) is 3.60. The largest absolute Gasteiger partial charge is 0.495 e. The van der Waals surface area contributed by atoms with Crippen LogP contribution in [0.2, 0.25) is 5.02 Å². The molecule has 0 saturated carbocycles. The molecule has 0 heterocycles. The van der Waals surface area contributed by atoms with Crippen LogP contribution in [0.25, 0.3) is 0 Å². The highest BCUT2D eigenvalue weighted by atomic mass is 35.5. The Hall–Kier alpha value is -0.530. The summed E-state index contributed by atoms with van der Waals surface area (Å²) in [6.07, 6.45) is 0. The molecule has 0 fully saturated rings. The molecule has 1 aromatic rings. The van der Waals surface area contributed by atoms with Crippen molar-refractivity contribution in [1.82, 2.24) is 4.72 Å². The SMILES string of the molecule is COc1cc(C)c(S(=O)(=O)N[C@@H](C)CN)cc1Cl.Cl. The Balaban J connectivity index is 0.00000324. The number of nitrogens with one attached hydrogen (secondary N) is 1. The maximum absolute atomic E-state index is 12.1. The molecule has 0 aliphatic heterocycles. The van der Waals surface area contributed by atoms with E-state index in [1.165, 1.54) is 13.2 Å². The van der Waals surface area contributed by atoms with Gasteiger partial charge in [-0.15, -0.1) is 12.4 Å². The fraction of sp³-hybridized carbons (Fsp3) is 0.455. The van der Waals surface area contributed by atoms with Gasteiger partial charge < -0.3 is 10.5 Å². The molecule has 110 valence electrons. The Kier molecular flexibility index (Phi) is 7.10. The molecule has 0 spiro atoms. The summed E-state index contributed by atoms with van der Waals surface area (Å²) in [6, 6.07) is 2.63. The van der Waals surface area contributed by atoms with Gasteiger partial charge in [0.05, 0.1) is 17.0 Å². The maximum atomic E-state index is 12.1. The van der Waals surface area contributed by atoms with Crippen LogP contribution in [0.3, 0.4) is 0 Å². The average Bonchev–Trinajstić information content (AvgIpc) is 2.30. The van der Waals surface area contributed by atoms with E-state index in [0.717, 1.165) is 0 Å². The minimum absolute atomic E-state index is 0. The van der Waals surface area contributed by atoms with Gasteiger partial charge in [-0.2, -0.15) is 0 Å². The van der Waals surface area contributed by atoms with E-state index in [1.54, 1.807) is 19.9 Å². The van der Waals surface area contributed by atoms with Crippen molar-refractivity contribution < 1.29 is 13.2 Å². The lowest BCUT2D eigenvalue weighted by Gasteiger charge is -2.15. The number of hydrogen-bond donors (Lipinski definition) is 2. The van der Waals surface area contributed by atoms with E-state index < -0.39 is 10.0 Å². The highest BCUT2D eigenvalue weighted by molar-refractivity contribution is 7.89. The second kappa shape index (κ2) is 7.31. The van der Waals surface area contributed by atoms with Crippen LogP contribution in [0, 0.1) is 6.92 Å². The summed E-state index contributed by atoms with van der Waals surface area (Å²) < 4.78 is 31.7. The molecule has 0 unspecified atom stereocenters. The Labute approximate surface area is 124 Å². The van der Waals surface area contributed by atoms with Gasteiger partial charge in [-0.05, 0) is 31.5 Å². The van der Waals surface area contributed by atoms with Gasteiger partial charge in [0.25, 0.3) is 0 Å². The molecule has 8 heteroatoms. The molecule has 19 heavy (non-hydrogen) atoms. The summed E-state index contributed by atoms with van der Waals surface area (Å²) in [7, 11) is -2.14. The van der Waals surface area contributed by atoms with Crippen LogP contribution < -0.4 is 15.2 Å². The lowest BCUT2D eigenvalue weighted by Crippen LogP contribution is -2.38. The van der Waals surface area contributed by atoms with Crippen LogP contribution in [-0.4, -0.2) is 28.1 Å². The number of benzene rings is 1. The fourth-order valence-electron chi connectivity index (χ4n) is 1.46. The monoisotopic (exact) mass is 328 g/mol. The molecular weight excluding hydrogens is 311 g/mol. The summed E-state index contributed by atoms with van der Waals surface area (Å²) in [5.74, 6) is 0.444. The van der Waals surface area contributed by atoms with E-state index in [9.17, 15) is 8.42 Å². The first kappa shape index (κ1) is 18.5. The first-order valence-electron chi connectivity index (χ1n) is 5.38.